The third kappa shape index (κ3) is 3.89. The Morgan fingerprint density at radius 2 is 1.14 bits per heavy atom. The van der Waals surface area contributed by atoms with E-state index < -0.39 is 0 Å². The summed E-state index contributed by atoms with van der Waals surface area (Å²) in [6.45, 7) is 0. The molecule has 0 aliphatic rings. The van der Waals surface area contributed by atoms with Crippen LogP contribution >= 0.6 is 11.3 Å². The molecular formula is C43H25N5S. The van der Waals surface area contributed by atoms with Crippen molar-refractivity contribution in [1.82, 2.24) is 23.9 Å². The van der Waals surface area contributed by atoms with Gasteiger partial charge in [-0.15, -0.1) is 11.3 Å². The highest BCUT2D eigenvalue weighted by molar-refractivity contribution is 7.21. The second-order valence-corrected chi connectivity index (χ2v) is 13.5. The summed E-state index contributed by atoms with van der Waals surface area (Å²) in [5.74, 6) is 0.825. The van der Waals surface area contributed by atoms with E-state index >= 15 is 0 Å². The molecule has 0 radical (unpaired) electrons. The van der Waals surface area contributed by atoms with Gasteiger partial charge in [0.25, 0.3) is 0 Å². The Hall–Kier alpha value is -6.37. The highest BCUT2D eigenvalue weighted by Gasteiger charge is 2.21. The van der Waals surface area contributed by atoms with Crippen molar-refractivity contribution < 1.29 is 0 Å². The first-order chi connectivity index (χ1) is 24.3. The highest BCUT2D eigenvalue weighted by Crippen LogP contribution is 2.40. The molecule has 6 heteroatoms. The minimum Gasteiger partial charge on any atom is -0.279 e. The second kappa shape index (κ2) is 10.1. The predicted molar refractivity (Wildman–Crippen MR) is 204 cm³/mol. The van der Waals surface area contributed by atoms with Crippen molar-refractivity contribution in [3.8, 4) is 27.6 Å². The third-order valence-electron chi connectivity index (χ3n) is 9.74. The Kier molecular flexibility index (Phi) is 5.48. The lowest BCUT2D eigenvalue weighted by atomic mass is 9.99. The number of thiazole rings is 1. The Morgan fingerprint density at radius 1 is 0.449 bits per heavy atom. The third-order valence-corrected chi connectivity index (χ3v) is 10.8. The molecule has 0 fully saturated rings. The number of nitrogens with zero attached hydrogens (tertiary/aromatic N) is 5. The first-order valence-corrected chi connectivity index (χ1v) is 17.2. The van der Waals surface area contributed by atoms with Gasteiger partial charge in [-0.25, -0.2) is 15.0 Å². The summed E-state index contributed by atoms with van der Waals surface area (Å²) < 4.78 is 5.75. The van der Waals surface area contributed by atoms with Gasteiger partial charge in [-0.2, -0.15) is 0 Å². The van der Waals surface area contributed by atoms with Gasteiger partial charge in [0.05, 0.1) is 37.8 Å². The van der Waals surface area contributed by atoms with E-state index in [9.17, 15) is 0 Å². The van der Waals surface area contributed by atoms with Crippen LogP contribution in [-0.4, -0.2) is 23.9 Å². The molecule has 49 heavy (non-hydrogen) atoms. The zero-order valence-electron chi connectivity index (χ0n) is 26.1. The molecule has 0 aliphatic heterocycles. The normalized spacial score (nSPS) is 12.1. The average Bonchev–Trinajstić information content (AvgIpc) is 3.87. The van der Waals surface area contributed by atoms with Gasteiger partial charge in [-0.3, -0.25) is 8.97 Å². The molecule has 0 saturated heterocycles. The molecule has 4 heterocycles. The second-order valence-electron chi connectivity index (χ2n) is 12.5. The van der Waals surface area contributed by atoms with Crippen molar-refractivity contribution in [3.63, 3.8) is 0 Å². The molecule has 11 rings (SSSR count). The van der Waals surface area contributed by atoms with Gasteiger partial charge in [-0.05, 0) is 76.5 Å². The first-order valence-electron chi connectivity index (χ1n) is 16.4. The van der Waals surface area contributed by atoms with Crippen LogP contribution in [0.2, 0.25) is 0 Å². The maximum absolute atomic E-state index is 5.36. The summed E-state index contributed by atoms with van der Waals surface area (Å²) in [5.41, 5.74) is 10.5. The maximum atomic E-state index is 5.36. The summed E-state index contributed by atoms with van der Waals surface area (Å²) in [6, 6.07) is 53.7. The number of aromatic nitrogens is 5. The number of hydrogen-bond acceptors (Lipinski definition) is 4. The Labute approximate surface area is 284 Å². The maximum Gasteiger partial charge on any atom is 0.221 e. The largest absolute Gasteiger partial charge is 0.279 e. The van der Waals surface area contributed by atoms with Crippen molar-refractivity contribution >= 4 is 81.7 Å². The van der Waals surface area contributed by atoms with Crippen molar-refractivity contribution in [1.29, 1.82) is 0 Å². The Bertz CT molecular complexity index is 3080. The summed E-state index contributed by atoms with van der Waals surface area (Å²) in [7, 11) is 0. The monoisotopic (exact) mass is 643 g/mol. The van der Waals surface area contributed by atoms with Crippen molar-refractivity contribution in [2.75, 3.05) is 0 Å². The number of fused-ring (bicyclic) bond motifs is 11. The number of rotatable bonds is 3. The summed E-state index contributed by atoms with van der Waals surface area (Å²) in [5, 5.41) is 6.91. The number of imidazole rings is 1. The highest BCUT2D eigenvalue weighted by atomic mass is 32.1. The van der Waals surface area contributed by atoms with Crippen molar-refractivity contribution in [2.24, 2.45) is 0 Å². The van der Waals surface area contributed by atoms with E-state index in [1.807, 2.05) is 18.2 Å². The molecule has 0 bridgehead atoms. The summed E-state index contributed by atoms with van der Waals surface area (Å²) in [6.07, 6.45) is 0. The molecule has 5 nitrogen and oxygen atoms in total. The van der Waals surface area contributed by atoms with Crippen molar-refractivity contribution in [3.05, 3.63) is 152 Å². The molecule has 0 saturated carbocycles. The van der Waals surface area contributed by atoms with Crippen LogP contribution in [0.15, 0.2) is 152 Å². The molecule has 0 spiro atoms. The van der Waals surface area contributed by atoms with E-state index in [-0.39, 0.29) is 0 Å². The van der Waals surface area contributed by atoms with Gasteiger partial charge in [0.2, 0.25) is 5.95 Å². The fraction of sp³-hybridized carbons (Fsp3) is 0. The van der Waals surface area contributed by atoms with Crippen LogP contribution in [0.4, 0.5) is 0 Å². The van der Waals surface area contributed by atoms with Crippen LogP contribution in [0, 0.1) is 0 Å². The quantitative estimate of drug-likeness (QED) is 0.192. The fourth-order valence-corrected chi connectivity index (χ4v) is 8.43. The van der Waals surface area contributed by atoms with E-state index in [0.717, 1.165) is 60.7 Å². The van der Waals surface area contributed by atoms with E-state index in [0.29, 0.717) is 0 Å². The fourth-order valence-electron chi connectivity index (χ4n) is 7.46. The molecule has 0 atom stereocenters. The van der Waals surface area contributed by atoms with Gasteiger partial charge in [0.15, 0.2) is 0 Å². The lowest BCUT2D eigenvalue weighted by Crippen LogP contribution is -2.06. The van der Waals surface area contributed by atoms with Crippen LogP contribution in [0.3, 0.4) is 0 Å². The molecular weight excluding hydrogens is 619 g/mol. The predicted octanol–water partition coefficient (Wildman–Crippen LogP) is 11.2. The van der Waals surface area contributed by atoms with E-state index in [2.05, 4.69) is 142 Å². The van der Waals surface area contributed by atoms with Crippen LogP contribution in [0.5, 0.6) is 0 Å². The molecule has 0 amide bonds. The zero-order valence-corrected chi connectivity index (χ0v) is 26.9. The van der Waals surface area contributed by atoms with Gasteiger partial charge >= 0.3 is 0 Å². The topological polar surface area (TPSA) is 48.0 Å². The number of benzene rings is 7. The van der Waals surface area contributed by atoms with Gasteiger partial charge in [0.1, 0.15) is 10.7 Å². The molecule has 228 valence electrons. The molecule has 4 aromatic heterocycles. The smallest absolute Gasteiger partial charge is 0.221 e. The molecule has 0 unspecified atom stereocenters. The number of hydrogen-bond donors (Lipinski definition) is 0. The van der Waals surface area contributed by atoms with Gasteiger partial charge < -0.3 is 0 Å². The van der Waals surface area contributed by atoms with Crippen LogP contribution < -0.4 is 0 Å². The van der Waals surface area contributed by atoms with E-state index in [4.69, 9.17) is 15.0 Å². The van der Waals surface area contributed by atoms with Gasteiger partial charge in [-0.1, -0.05) is 97.1 Å². The van der Waals surface area contributed by atoms with Crippen LogP contribution in [0.1, 0.15) is 0 Å². The first kappa shape index (κ1) is 26.7. The molecule has 11 aromatic rings. The van der Waals surface area contributed by atoms with Crippen molar-refractivity contribution in [2.45, 2.75) is 0 Å². The minimum absolute atomic E-state index is 0.825. The Balaban J connectivity index is 1.18. The average molecular weight is 644 g/mol. The molecule has 0 N–H and O–H groups in total. The van der Waals surface area contributed by atoms with E-state index in [1.165, 1.54) is 37.4 Å². The lowest BCUT2D eigenvalue weighted by molar-refractivity contribution is 0.980. The summed E-state index contributed by atoms with van der Waals surface area (Å²) in [4.78, 5) is 15.4. The SMILES string of the molecule is c1ccc2c(c1)ccc1c2c2cc(-c3ccc(-c4nc5ccccc5s4)cc3)ccc2n1-c1nc2ccccc2c2nc3ccccc3n12. The standard InChI is InChI=1S/C43H25N5S/c1-2-10-30-27(9-1)21-24-38-40(30)32-25-29(26-17-19-28(20-18-26)42-45-35-14-6-8-16-39(35)49-42)22-23-36(32)47(38)43-46-33-12-4-3-11-31(33)41-44-34-13-5-7-15-37(34)48(41)43/h1-25H. The molecule has 7 aromatic carbocycles. The lowest BCUT2D eigenvalue weighted by Gasteiger charge is -2.13. The van der Waals surface area contributed by atoms with Crippen LogP contribution in [-0.2, 0) is 0 Å². The zero-order chi connectivity index (χ0) is 32.1. The minimum atomic E-state index is 0.825. The Morgan fingerprint density at radius 3 is 2.02 bits per heavy atom. The van der Waals surface area contributed by atoms with Gasteiger partial charge in [0, 0.05) is 21.7 Å². The summed E-state index contributed by atoms with van der Waals surface area (Å²) >= 11 is 1.73. The van der Waals surface area contributed by atoms with Crippen LogP contribution in [0.25, 0.3) is 98.0 Å². The van der Waals surface area contributed by atoms with E-state index in [1.54, 1.807) is 11.3 Å². The number of para-hydroxylation sites is 4. The molecule has 0 aliphatic carbocycles.